The molecule has 0 saturated heterocycles. The van der Waals surface area contributed by atoms with Crippen molar-refractivity contribution in [1.82, 2.24) is 0 Å². The van der Waals surface area contributed by atoms with Gasteiger partial charge in [-0.1, -0.05) is 24.3 Å². The highest BCUT2D eigenvalue weighted by Crippen LogP contribution is 2.15. The molecule has 0 saturated carbocycles. The summed E-state index contributed by atoms with van der Waals surface area (Å²) in [5.74, 6) is -1.36. The van der Waals surface area contributed by atoms with E-state index in [1.54, 1.807) is 12.1 Å². The number of amides is 2. The van der Waals surface area contributed by atoms with Crippen LogP contribution in [-0.2, 0) is 9.59 Å². The number of hydrogen-bond acceptors (Lipinski definition) is 2. The lowest BCUT2D eigenvalue weighted by molar-refractivity contribution is -0.133. The van der Waals surface area contributed by atoms with Gasteiger partial charge in [-0.15, -0.1) is 0 Å². The van der Waals surface area contributed by atoms with Crippen molar-refractivity contribution in [1.29, 1.82) is 0 Å². The number of rotatable bonds is 2. The Balaban J connectivity index is 2.04. The van der Waals surface area contributed by atoms with E-state index in [0.29, 0.717) is 11.4 Å². The summed E-state index contributed by atoms with van der Waals surface area (Å²) in [5, 5.41) is 5.20. The Morgan fingerprint density at radius 3 is 2.10 bits per heavy atom. The summed E-state index contributed by atoms with van der Waals surface area (Å²) in [6.45, 7) is 5.82. The number of anilines is 2. The van der Waals surface area contributed by atoms with Crippen molar-refractivity contribution in [3.05, 3.63) is 59.2 Å². The second kappa shape index (κ2) is 6.22. The Hall–Kier alpha value is -2.62. The van der Waals surface area contributed by atoms with E-state index in [9.17, 15) is 9.59 Å². The second-order valence-corrected chi connectivity index (χ2v) is 5.02. The van der Waals surface area contributed by atoms with E-state index in [-0.39, 0.29) is 0 Å². The lowest BCUT2D eigenvalue weighted by atomic mass is 10.1. The molecule has 4 nitrogen and oxygen atoms in total. The zero-order valence-corrected chi connectivity index (χ0v) is 12.4. The molecule has 108 valence electrons. The summed E-state index contributed by atoms with van der Waals surface area (Å²) in [6.07, 6.45) is 0. The maximum Gasteiger partial charge on any atom is 0.314 e. The van der Waals surface area contributed by atoms with Gasteiger partial charge in [0.15, 0.2) is 0 Å². The quantitative estimate of drug-likeness (QED) is 0.831. The molecule has 2 amide bonds. The molecular weight excluding hydrogens is 264 g/mol. The second-order valence-electron chi connectivity index (χ2n) is 5.02. The first-order valence-electron chi connectivity index (χ1n) is 6.72. The van der Waals surface area contributed by atoms with E-state index in [1.807, 2.05) is 51.1 Å². The number of benzene rings is 2. The third kappa shape index (κ3) is 3.69. The van der Waals surface area contributed by atoms with Crippen LogP contribution in [0.2, 0.25) is 0 Å². The van der Waals surface area contributed by atoms with Crippen LogP contribution in [0.15, 0.2) is 42.5 Å². The summed E-state index contributed by atoms with van der Waals surface area (Å²) in [7, 11) is 0. The van der Waals surface area contributed by atoms with Crippen molar-refractivity contribution < 1.29 is 9.59 Å². The highest BCUT2D eigenvalue weighted by Gasteiger charge is 2.14. The van der Waals surface area contributed by atoms with Crippen molar-refractivity contribution >= 4 is 23.2 Å². The van der Waals surface area contributed by atoms with Crippen LogP contribution in [0.3, 0.4) is 0 Å². The third-order valence-corrected chi connectivity index (χ3v) is 3.36. The number of para-hydroxylation sites is 1. The van der Waals surface area contributed by atoms with Crippen LogP contribution in [0.5, 0.6) is 0 Å². The number of nitrogens with one attached hydrogen (secondary N) is 2. The van der Waals surface area contributed by atoms with Crippen LogP contribution >= 0.6 is 0 Å². The Morgan fingerprint density at radius 2 is 1.43 bits per heavy atom. The first kappa shape index (κ1) is 14.8. The fourth-order valence-corrected chi connectivity index (χ4v) is 1.90. The van der Waals surface area contributed by atoms with Gasteiger partial charge in [0.25, 0.3) is 0 Å². The van der Waals surface area contributed by atoms with E-state index in [2.05, 4.69) is 10.6 Å². The van der Waals surface area contributed by atoms with Gasteiger partial charge in [-0.2, -0.15) is 0 Å². The first-order valence-corrected chi connectivity index (χ1v) is 6.72. The minimum atomic E-state index is -0.679. The fourth-order valence-electron chi connectivity index (χ4n) is 1.90. The molecule has 2 aromatic carbocycles. The maximum absolute atomic E-state index is 11.9. The van der Waals surface area contributed by atoms with E-state index in [4.69, 9.17) is 0 Å². The fraction of sp³-hybridized carbons (Fsp3) is 0.176. The Bertz CT molecular complexity index is 693. The van der Waals surface area contributed by atoms with Crippen molar-refractivity contribution in [2.24, 2.45) is 0 Å². The number of aryl methyl sites for hydroxylation is 3. The van der Waals surface area contributed by atoms with Gasteiger partial charge in [0, 0.05) is 11.4 Å². The minimum Gasteiger partial charge on any atom is -0.318 e. The van der Waals surface area contributed by atoms with E-state index < -0.39 is 11.8 Å². The van der Waals surface area contributed by atoms with Crippen LogP contribution < -0.4 is 10.6 Å². The number of hydrogen-bond donors (Lipinski definition) is 2. The van der Waals surface area contributed by atoms with E-state index in [1.165, 1.54) is 0 Å². The molecule has 0 aromatic heterocycles. The highest BCUT2D eigenvalue weighted by molar-refractivity contribution is 6.43. The summed E-state index contributed by atoms with van der Waals surface area (Å²) >= 11 is 0. The van der Waals surface area contributed by atoms with Gasteiger partial charge in [-0.05, 0) is 55.7 Å². The largest absolute Gasteiger partial charge is 0.318 e. The Labute approximate surface area is 124 Å². The molecule has 2 rings (SSSR count). The molecule has 2 aromatic rings. The first-order chi connectivity index (χ1) is 9.97. The van der Waals surface area contributed by atoms with Crippen molar-refractivity contribution in [3.63, 3.8) is 0 Å². The molecule has 0 heterocycles. The average Bonchev–Trinajstić information content (AvgIpc) is 2.45. The molecule has 21 heavy (non-hydrogen) atoms. The van der Waals surface area contributed by atoms with Gasteiger partial charge in [0.1, 0.15) is 0 Å². The predicted molar refractivity (Wildman–Crippen MR) is 84.4 cm³/mol. The van der Waals surface area contributed by atoms with Gasteiger partial charge >= 0.3 is 11.8 Å². The standard InChI is InChI=1S/C17H18N2O2/c1-11-8-9-14(10-13(11)3)18-16(20)17(21)19-15-7-5-4-6-12(15)2/h4-10H,1-3H3,(H,18,20)(H,19,21). The zero-order valence-electron chi connectivity index (χ0n) is 12.4. The van der Waals surface area contributed by atoms with Crippen molar-refractivity contribution in [2.45, 2.75) is 20.8 Å². The number of carbonyl (C=O) groups is 2. The highest BCUT2D eigenvalue weighted by atomic mass is 16.2. The van der Waals surface area contributed by atoms with Crippen molar-refractivity contribution in [2.75, 3.05) is 10.6 Å². The van der Waals surface area contributed by atoms with Gasteiger partial charge in [0.05, 0.1) is 0 Å². The SMILES string of the molecule is Cc1ccc(NC(=O)C(=O)Nc2ccccc2C)cc1C. The molecule has 0 aliphatic heterocycles. The normalized spacial score (nSPS) is 10.0. The lowest BCUT2D eigenvalue weighted by Crippen LogP contribution is -2.29. The molecule has 0 atom stereocenters. The predicted octanol–water partition coefficient (Wildman–Crippen LogP) is 3.19. The molecule has 0 radical (unpaired) electrons. The molecule has 4 heteroatoms. The molecule has 0 aliphatic rings. The molecule has 0 spiro atoms. The van der Waals surface area contributed by atoms with Gasteiger partial charge in [0.2, 0.25) is 0 Å². The molecule has 0 fully saturated rings. The summed E-state index contributed by atoms with van der Waals surface area (Å²) in [5.41, 5.74) is 4.36. The lowest BCUT2D eigenvalue weighted by Gasteiger charge is -2.09. The summed E-state index contributed by atoms with van der Waals surface area (Å²) in [4.78, 5) is 23.8. The van der Waals surface area contributed by atoms with E-state index >= 15 is 0 Å². The van der Waals surface area contributed by atoms with Crippen LogP contribution in [0.1, 0.15) is 16.7 Å². The molecule has 2 N–H and O–H groups in total. The average molecular weight is 282 g/mol. The molecule has 0 aliphatic carbocycles. The monoisotopic (exact) mass is 282 g/mol. The molecule has 0 unspecified atom stereocenters. The van der Waals surface area contributed by atoms with Crippen molar-refractivity contribution in [3.8, 4) is 0 Å². The molecular formula is C17H18N2O2. The van der Waals surface area contributed by atoms with Crippen LogP contribution in [0.4, 0.5) is 11.4 Å². The topological polar surface area (TPSA) is 58.2 Å². The van der Waals surface area contributed by atoms with Crippen LogP contribution in [0.25, 0.3) is 0 Å². The van der Waals surface area contributed by atoms with Gasteiger partial charge in [-0.3, -0.25) is 9.59 Å². The van der Waals surface area contributed by atoms with Gasteiger partial charge in [-0.25, -0.2) is 0 Å². The zero-order chi connectivity index (χ0) is 15.4. The van der Waals surface area contributed by atoms with Crippen LogP contribution in [0, 0.1) is 20.8 Å². The summed E-state index contributed by atoms with van der Waals surface area (Å²) in [6, 6.07) is 12.8. The Kier molecular flexibility index (Phi) is 4.38. The molecule has 0 bridgehead atoms. The smallest absolute Gasteiger partial charge is 0.314 e. The third-order valence-electron chi connectivity index (χ3n) is 3.36. The minimum absolute atomic E-state index is 0.614. The maximum atomic E-state index is 11.9. The summed E-state index contributed by atoms with van der Waals surface area (Å²) < 4.78 is 0. The van der Waals surface area contributed by atoms with Crippen LogP contribution in [-0.4, -0.2) is 11.8 Å². The van der Waals surface area contributed by atoms with E-state index in [0.717, 1.165) is 16.7 Å². The van der Waals surface area contributed by atoms with Gasteiger partial charge < -0.3 is 10.6 Å². The Morgan fingerprint density at radius 1 is 0.762 bits per heavy atom. The number of carbonyl (C=O) groups excluding carboxylic acids is 2.